The van der Waals surface area contributed by atoms with Gasteiger partial charge in [-0.1, -0.05) is 0 Å². The van der Waals surface area contributed by atoms with Gasteiger partial charge in [-0.3, -0.25) is 19.3 Å². The van der Waals surface area contributed by atoms with Crippen molar-refractivity contribution in [1.29, 1.82) is 0 Å². The number of fused-ring (bicyclic) bond motifs is 2. The number of rotatable bonds is 3. The van der Waals surface area contributed by atoms with Gasteiger partial charge in [-0.05, 0) is 24.3 Å². The van der Waals surface area contributed by atoms with E-state index in [-0.39, 0.29) is 5.91 Å². The first kappa shape index (κ1) is 16.1. The van der Waals surface area contributed by atoms with E-state index in [0.717, 1.165) is 10.9 Å². The summed E-state index contributed by atoms with van der Waals surface area (Å²) in [6, 6.07) is 7.15. The molecule has 130 valence electrons. The molecule has 8 nitrogen and oxygen atoms in total. The lowest BCUT2D eigenvalue weighted by molar-refractivity contribution is -0.0756. The molecule has 1 aromatic carbocycles. The van der Waals surface area contributed by atoms with Gasteiger partial charge in [-0.15, -0.1) is 0 Å². The molecule has 0 aliphatic carbocycles. The number of hydrogen-bond donors (Lipinski definition) is 0. The highest BCUT2D eigenvalue weighted by Gasteiger charge is 2.13. The minimum absolute atomic E-state index is 0.250. The standard InChI is InChI=1S/C18H16N6O2/c1-23-10-13-6-12(8-20-17(13)22-23)16-9-19-14-5-4-11(7-15(14)21-16)18(25)24(2)26-3/h4-10H,1-3H3. The zero-order valence-electron chi connectivity index (χ0n) is 14.5. The quantitative estimate of drug-likeness (QED) is 0.528. The van der Waals surface area contributed by atoms with E-state index in [1.165, 1.54) is 12.2 Å². The minimum atomic E-state index is -0.250. The van der Waals surface area contributed by atoms with Crippen molar-refractivity contribution in [3.8, 4) is 11.3 Å². The third kappa shape index (κ3) is 2.76. The van der Waals surface area contributed by atoms with Crippen LogP contribution in [0.4, 0.5) is 0 Å². The predicted molar refractivity (Wildman–Crippen MR) is 96.1 cm³/mol. The molecule has 0 aliphatic rings. The Morgan fingerprint density at radius 3 is 2.81 bits per heavy atom. The Morgan fingerprint density at radius 2 is 2.00 bits per heavy atom. The molecule has 0 aliphatic heterocycles. The fourth-order valence-electron chi connectivity index (χ4n) is 2.72. The SMILES string of the molecule is CON(C)C(=O)c1ccc2ncc(-c3cnc4nn(C)cc4c3)nc2c1. The topological polar surface area (TPSA) is 86.0 Å². The maximum Gasteiger partial charge on any atom is 0.277 e. The van der Waals surface area contributed by atoms with Gasteiger partial charge in [-0.2, -0.15) is 5.10 Å². The largest absolute Gasteiger partial charge is 0.277 e. The van der Waals surface area contributed by atoms with E-state index in [0.29, 0.717) is 27.9 Å². The van der Waals surface area contributed by atoms with Crippen LogP contribution in [-0.2, 0) is 11.9 Å². The molecule has 0 unspecified atom stereocenters. The van der Waals surface area contributed by atoms with Crippen LogP contribution in [0.5, 0.6) is 0 Å². The van der Waals surface area contributed by atoms with Crippen molar-refractivity contribution in [3.05, 3.63) is 48.4 Å². The normalized spacial score (nSPS) is 11.2. The molecule has 3 aromatic heterocycles. The zero-order chi connectivity index (χ0) is 18.3. The average molecular weight is 348 g/mol. The molecule has 1 amide bonds. The first-order valence-electron chi connectivity index (χ1n) is 7.94. The first-order chi connectivity index (χ1) is 12.5. The average Bonchev–Trinajstić information content (AvgIpc) is 3.05. The summed E-state index contributed by atoms with van der Waals surface area (Å²) in [5.74, 6) is -0.250. The number of amides is 1. The third-order valence-electron chi connectivity index (χ3n) is 4.12. The Morgan fingerprint density at radius 1 is 1.15 bits per heavy atom. The molecular formula is C18H16N6O2. The van der Waals surface area contributed by atoms with Crippen molar-refractivity contribution in [2.75, 3.05) is 14.2 Å². The number of aryl methyl sites for hydroxylation is 1. The number of pyridine rings is 1. The summed E-state index contributed by atoms with van der Waals surface area (Å²) in [7, 11) is 4.86. The van der Waals surface area contributed by atoms with Crippen LogP contribution in [0.3, 0.4) is 0 Å². The first-order valence-corrected chi connectivity index (χ1v) is 7.94. The van der Waals surface area contributed by atoms with Gasteiger partial charge in [0, 0.05) is 43.0 Å². The van der Waals surface area contributed by atoms with Crippen molar-refractivity contribution in [1.82, 2.24) is 29.8 Å². The summed E-state index contributed by atoms with van der Waals surface area (Å²) in [6.07, 6.45) is 5.32. The second-order valence-corrected chi connectivity index (χ2v) is 5.88. The van der Waals surface area contributed by atoms with Crippen LogP contribution >= 0.6 is 0 Å². The van der Waals surface area contributed by atoms with Gasteiger partial charge >= 0.3 is 0 Å². The highest BCUT2D eigenvalue weighted by molar-refractivity contribution is 5.96. The molecule has 0 bridgehead atoms. The van der Waals surface area contributed by atoms with Gasteiger partial charge < -0.3 is 0 Å². The molecule has 3 heterocycles. The number of carbonyl (C=O) groups excluding carboxylic acids is 1. The summed E-state index contributed by atoms with van der Waals surface area (Å²) in [5.41, 5.74) is 4.02. The number of nitrogens with zero attached hydrogens (tertiary/aromatic N) is 6. The summed E-state index contributed by atoms with van der Waals surface area (Å²) in [5, 5.41) is 6.36. The summed E-state index contributed by atoms with van der Waals surface area (Å²) < 4.78 is 1.72. The predicted octanol–water partition coefficient (Wildman–Crippen LogP) is 2.21. The van der Waals surface area contributed by atoms with Gasteiger partial charge in [-0.25, -0.2) is 15.0 Å². The monoisotopic (exact) mass is 348 g/mol. The minimum Gasteiger partial charge on any atom is -0.274 e. The number of hydroxylamine groups is 2. The molecule has 4 aromatic rings. The lowest BCUT2D eigenvalue weighted by atomic mass is 10.1. The Hall–Kier alpha value is -3.39. The molecule has 0 saturated carbocycles. The van der Waals surface area contributed by atoms with E-state index in [4.69, 9.17) is 4.84 Å². The molecule has 8 heteroatoms. The number of benzene rings is 1. The van der Waals surface area contributed by atoms with Crippen LogP contribution in [0.15, 0.2) is 42.9 Å². The van der Waals surface area contributed by atoms with Crippen molar-refractivity contribution < 1.29 is 9.63 Å². The second-order valence-electron chi connectivity index (χ2n) is 5.88. The van der Waals surface area contributed by atoms with Gasteiger partial charge in [0.25, 0.3) is 5.91 Å². The maximum atomic E-state index is 12.3. The molecule has 0 N–H and O–H groups in total. The Bertz CT molecular complexity index is 1140. The van der Waals surface area contributed by atoms with Crippen LogP contribution in [0, 0.1) is 0 Å². The zero-order valence-corrected chi connectivity index (χ0v) is 14.5. The van der Waals surface area contributed by atoms with Gasteiger partial charge in [0.15, 0.2) is 5.65 Å². The second kappa shape index (κ2) is 6.16. The fraction of sp³-hybridized carbons (Fsp3) is 0.167. The lowest BCUT2D eigenvalue weighted by Gasteiger charge is -2.13. The summed E-state index contributed by atoms with van der Waals surface area (Å²) in [6.45, 7) is 0. The van der Waals surface area contributed by atoms with E-state index < -0.39 is 0 Å². The third-order valence-corrected chi connectivity index (χ3v) is 4.12. The molecule has 4 rings (SSSR count). The van der Waals surface area contributed by atoms with Crippen LogP contribution in [0.2, 0.25) is 0 Å². The number of carbonyl (C=O) groups is 1. The van der Waals surface area contributed by atoms with Crippen molar-refractivity contribution in [2.24, 2.45) is 7.05 Å². The van der Waals surface area contributed by atoms with Crippen molar-refractivity contribution in [3.63, 3.8) is 0 Å². The Balaban J connectivity index is 1.78. The molecular weight excluding hydrogens is 332 g/mol. The van der Waals surface area contributed by atoms with Crippen LogP contribution in [-0.4, -0.2) is 49.9 Å². The number of aromatic nitrogens is 5. The van der Waals surface area contributed by atoms with Crippen LogP contribution in [0.1, 0.15) is 10.4 Å². The smallest absolute Gasteiger partial charge is 0.274 e. The highest BCUT2D eigenvalue weighted by Crippen LogP contribution is 2.22. The molecule has 0 spiro atoms. The molecule has 26 heavy (non-hydrogen) atoms. The van der Waals surface area contributed by atoms with Crippen LogP contribution < -0.4 is 0 Å². The van der Waals surface area contributed by atoms with Crippen molar-refractivity contribution in [2.45, 2.75) is 0 Å². The van der Waals surface area contributed by atoms with Crippen molar-refractivity contribution >= 4 is 28.0 Å². The van der Waals surface area contributed by atoms with Gasteiger partial charge in [0.2, 0.25) is 0 Å². The van der Waals surface area contributed by atoms with Gasteiger partial charge in [0.1, 0.15) is 0 Å². The Labute approximate surface area is 149 Å². The van der Waals surface area contributed by atoms with Gasteiger partial charge in [0.05, 0.1) is 30.0 Å². The molecule has 0 saturated heterocycles. The summed E-state index contributed by atoms with van der Waals surface area (Å²) >= 11 is 0. The molecule has 0 radical (unpaired) electrons. The van der Waals surface area contributed by atoms with E-state index in [1.54, 1.807) is 42.3 Å². The number of hydrogen-bond acceptors (Lipinski definition) is 6. The van der Waals surface area contributed by atoms with E-state index in [2.05, 4.69) is 20.1 Å². The summed E-state index contributed by atoms with van der Waals surface area (Å²) in [4.78, 5) is 30.7. The van der Waals surface area contributed by atoms with E-state index in [9.17, 15) is 4.79 Å². The van der Waals surface area contributed by atoms with Crippen LogP contribution in [0.25, 0.3) is 33.3 Å². The lowest BCUT2D eigenvalue weighted by Crippen LogP contribution is -2.25. The molecule has 0 fully saturated rings. The highest BCUT2D eigenvalue weighted by atomic mass is 16.7. The van der Waals surface area contributed by atoms with E-state index >= 15 is 0 Å². The Kier molecular flexibility index (Phi) is 3.81. The fourth-order valence-corrected chi connectivity index (χ4v) is 2.72. The molecule has 0 atom stereocenters. The maximum absolute atomic E-state index is 12.3. The van der Waals surface area contributed by atoms with E-state index in [1.807, 2.05) is 19.3 Å².